The molecule has 0 fully saturated rings. The molecule has 0 aliphatic carbocycles. The Kier molecular flexibility index (Phi) is 3.03. The number of carbonyl (C=O) groups excluding carboxylic acids is 1. The number of benzene rings is 1. The molecule has 1 aliphatic heterocycles. The molecule has 2 heterocycles. The number of carbonyl (C=O) groups is 1. The number of amides is 1. The number of nitrogens with one attached hydrogen (secondary N) is 1. The Balaban J connectivity index is 1.99. The van der Waals surface area contributed by atoms with Crippen molar-refractivity contribution in [3.05, 3.63) is 22.2 Å². The van der Waals surface area contributed by atoms with Gasteiger partial charge in [-0.1, -0.05) is 0 Å². The van der Waals surface area contributed by atoms with Gasteiger partial charge in [-0.3, -0.25) is 4.79 Å². The maximum atomic E-state index is 11.5. The average Bonchev–Trinajstić information content (AvgIpc) is 2.88. The Bertz CT molecular complexity index is 672. The van der Waals surface area contributed by atoms with Crippen molar-refractivity contribution in [2.45, 2.75) is 16.1 Å². The third-order valence-electron chi connectivity index (χ3n) is 2.76. The van der Waals surface area contributed by atoms with Gasteiger partial charge < -0.3 is 11.1 Å². The number of halogens is 1. The summed E-state index contributed by atoms with van der Waals surface area (Å²) in [6.07, 6.45) is 0. The van der Waals surface area contributed by atoms with Crippen molar-refractivity contribution in [1.82, 2.24) is 20.2 Å². The monoisotopic (exact) mass is 340 g/mol. The number of hydrogen-bond donors (Lipinski definition) is 2. The van der Waals surface area contributed by atoms with Crippen molar-refractivity contribution < 1.29 is 4.79 Å². The molecule has 0 saturated heterocycles. The van der Waals surface area contributed by atoms with Gasteiger partial charge in [-0.15, -0.1) is 5.10 Å². The Labute approximate surface area is 121 Å². The van der Waals surface area contributed by atoms with Crippen LogP contribution in [0.3, 0.4) is 0 Å². The number of anilines is 1. The predicted molar refractivity (Wildman–Crippen MR) is 72.6 cm³/mol. The van der Waals surface area contributed by atoms with Crippen LogP contribution in [0, 0.1) is 0 Å². The lowest BCUT2D eigenvalue weighted by molar-refractivity contribution is -0.116. The molecule has 1 atom stereocenters. The highest BCUT2D eigenvalue weighted by atomic mass is 79.9. The van der Waals surface area contributed by atoms with Crippen LogP contribution in [-0.4, -0.2) is 26.1 Å². The van der Waals surface area contributed by atoms with Crippen LogP contribution in [0.5, 0.6) is 0 Å². The molecule has 1 amide bonds. The summed E-state index contributed by atoms with van der Waals surface area (Å²) in [6, 6.07) is 3.11. The van der Waals surface area contributed by atoms with E-state index < -0.39 is 6.04 Å². The largest absolute Gasteiger partial charge is 0.324 e. The van der Waals surface area contributed by atoms with Crippen LogP contribution in [0.2, 0.25) is 0 Å². The van der Waals surface area contributed by atoms with Gasteiger partial charge in [0.05, 0.1) is 0 Å². The fourth-order valence-electron chi connectivity index (χ4n) is 1.77. The second-order valence-corrected chi connectivity index (χ2v) is 5.89. The maximum Gasteiger partial charge on any atom is 0.245 e. The summed E-state index contributed by atoms with van der Waals surface area (Å²) < 4.78 is 2.43. The molecule has 19 heavy (non-hydrogen) atoms. The topological polar surface area (TPSA) is 98.7 Å². The highest BCUT2D eigenvalue weighted by Gasteiger charge is 2.28. The van der Waals surface area contributed by atoms with Crippen LogP contribution in [-0.2, 0) is 11.8 Å². The first-order valence-corrected chi connectivity index (χ1v) is 6.97. The second kappa shape index (κ2) is 4.58. The van der Waals surface area contributed by atoms with E-state index in [1.54, 1.807) is 11.7 Å². The van der Waals surface area contributed by atoms with Gasteiger partial charge >= 0.3 is 0 Å². The fraction of sp³-hybridized carbons (Fsp3) is 0.200. The molecule has 9 heteroatoms. The van der Waals surface area contributed by atoms with Crippen molar-refractivity contribution in [1.29, 1.82) is 0 Å². The summed E-state index contributed by atoms with van der Waals surface area (Å²) in [5.74, 6) is -0.190. The first kappa shape index (κ1) is 12.6. The molecule has 0 spiro atoms. The third kappa shape index (κ3) is 2.13. The number of nitrogens with zero attached hydrogens (tertiary/aromatic N) is 4. The van der Waals surface area contributed by atoms with Gasteiger partial charge in [0.2, 0.25) is 11.1 Å². The highest BCUT2D eigenvalue weighted by Crippen LogP contribution is 2.39. The van der Waals surface area contributed by atoms with Gasteiger partial charge in [0, 0.05) is 27.7 Å². The lowest BCUT2D eigenvalue weighted by Crippen LogP contribution is -2.19. The fourth-order valence-corrected chi connectivity index (χ4v) is 3.15. The quantitative estimate of drug-likeness (QED) is 0.848. The van der Waals surface area contributed by atoms with E-state index in [0.29, 0.717) is 5.16 Å². The van der Waals surface area contributed by atoms with Crippen molar-refractivity contribution in [3.8, 4) is 0 Å². The minimum absolute atomic E-state index is 0.190. The SMILES string of the molecule is Cn1nnnc1Sc1cc2c(cc1Br)C(N)C(=O)N2. The molecule has 0 saturated carbocycles. The lowest BCUT2D eigenvalue weighted by Gasteiger charge is -2.07. The molecule has 0 bridgehead atoms. The minimum atomic E-state index is -0.609. The molecular formula is C10H9BrN6OS. The number of aromatic nitrogens is 4. The number of hydrogen-bond acceptors (Lipinski definition) is 6. The van der Waals surface area contributed by atoms with E-state index in [2.05, 4.69) is 36.8 Å². The van der Waals surface area contributed by atoms with Gasteiger partial charge in [0.25, 0.3) is 0 Å². The summed E-state index contributed by atoms with van der Waals surface area (Å²) in [5, 5.41) is 14.7. The average molecular weight is 341 g/mol. The van der Waals surface area contributed by atoms with E-state index >= 15 is 0 Å². The van der Waals surface area contributed by atoms with Crippen LogP contribution < -0.4 is 11.1 Å². The van der Waals surface area contributed by atoms with Crippen molar-refractivity contribution in [3.63, 3.8) is 0 Å². The van der Waals surface area contributed by atoms with E-state index in [1.807, 2.05) is 12.1 Å². The van der Waals surface area contributed by atoms with E-state index in [1.165, 1.54) is 11.8 Å². The summed E-state index contributed by atoms with van der Waals surface area (Å²) in [7, 11) is 1.77. The third-order valence-corrected chi connectivity index (χ3v) is 4.77. The Hall–Kier alpha value is -1.45. The maximum absolute atomic E-state index is 11.5. The van der Waals surface area contributed by atoms with Crippen LogP contribution in [0.1, 0.15) is 11.6 Å². The number of aryl methyl sites for hydroxylation is 1. The first-order valence-electron chi connectivity index (χ1n) is 5.36. The molecule has 3 rings (SSSR count). The molecule has 1 aliphatic rings. The Morgan fingerprint density at radius 2 is 2.32 bits per heavy atom. The molecule has 2 aromatic rings. The zero-order valence-corrected chi connectivity index (χ0v) is 12.2. The van der Waals surface area contributed by atoms with Crippen LogP contribution >= 0.6 is 27.7 Å². The number of nitrogens with two attached hydrogens (primary N) is 1. The highest BCUT2D eigenvalue weighted by molar-refractivity contribution is 9.10. The van der Waals surface area contributed by atoms with Gasteiger partial charge in [-0.05, 0) is 50.3 Å². The minimum Gasteiger partial charge on any atom is -0.324 e. The Morgan fingerprint density at radius 1 is 1.53 bits per heavy atom. The molecular weight excluding hydrogens is 332 g/mol. The molecule has 7 nitrogen and oxygen atoms in total. The number of rotatable bonds is 2. The molecule has 98 valence electrons. The summed E-state index contributed by atoms with van der Waals surface area (Å²) in [6.45, 7) is 0. The first-order chi connectivity index (χ1) is 9.06. The molecule has 1 aromatic heterocycles. The van der Waals surface area contributed by atoms with E-state index in [9.17, 15) is 4.79 Å². The van der Waals surface area contributed by atoms with Crippen molar-refractivity contribution >= 4 is 39.3 Å². The van der Waals surface area contributed by atoms with Gasteiger partial charge in [-0.2, -0.15) is 0 Å². The molecule has 0 radical (unpaired) electrons. The lowest BCUT2D eigenvalue weighted by atomic mass is 10.1. The standard InChI is InChI=1S/C10H9BrN6OS/c1-17-10(14-15-16-17)19-7-3-6-4(2-5(7)11)8(12)9(18)13-6/h2-3,8H,12H2,1H3,(H,13,18). The van der Waals surface area contributed by atoms with Crippen LogP contribution in [0.25, 0.3) is 0 Å². The summed E-state index contributed by atoms with van der Waals surface area (Å²) >= 11 is 4.88. The van der Waals surface area contributed by atoms with E-state index in [0.717, 1.165) is 20.6 Å². The summed E-state index contributed by atoms with van der Waals surface area (Å²) in [5.41, 5.74) is 7.32. The Morgan fingerprint density at radius 3 is 3.00 bits per heavy atom. The van der Waals surface area contributed by atoms with Gasteiger partial charge in [0.1, 0.15) is 6.04 Å². The second-order valence-electron chi connectivity index (χ2n) is 4.02. The van der Waals surface area contributed by atoms with E-state index in [-0.39, 0.29) is 5.91 Å². The normalized spacial score (nSPS) is 17.4. The van der Waals surface area contributed by atoms with Crippen LogP contribution in [0.4, 0.5) is 5.69 Å². The zero-order valence-electron chi connectivity index (χ0n) is 9.79. The van der Waals surface area contributed by atoms with E-state index in [4.69, 9.17) is 5.73 Å². The molecule has 1 aromatic carbocycles. The number of fused-ring (bicyclic) bond motifs is 1. The van der Waals surface area contributed by atoms with Crippen molar-refractivity contribution in [2.24, 2.45) is 12.8 Å². The molecule has 1 unspecified atom stereocenters. The summed E-state index contributed by atoms with van der Waals surface area (Å²) in [4.78, 5) is 12.4. The van der Waals surface area contributed by atoms with Gasteiger partial charge in [-0.25, -0.2) is 4.68 Å². The predicted octanol–water partition coefficient (Wildman–Crippen LogP) is 1.08. The molecule has 3 N–H and O–H groups in total. The number of tetrazole rings is 1. The van der Waals surface area contributed by atoms with Gasteiger partial charge in [0.15, 0.2) is 0 Å². The van der Waals surface area contributed by atoms with Crippen LogP contribution in [0.15, 0.2) is 26.7 Å². The zero-order chi connectivity index (χ0) is 13.6. The smallest absolute Gasteiger partial charge is 0.245 e. The van der Waals surface area contributed by atoms with Crippen molar-refractivity contribution in [2.75, 3.05) is 5.32 Å².